The smallest absolute Gasteiger partial charge is 0.240 e. The van der Waals surface area contributed by atoms with Crippen LogP contribution in [0.4, 0.5) is 0 Å². The van der Waals surface area contributed by atoms with Crippen LogP contribution in [-0.4, -0.2) is 18.4 Å². The van der Waals surface area contributed by atoms with Crippen molar-refractivity contribution in [2.24, 2.45) is 0 Å². The van der Waals surface area contributed by atoms with Gasteiger partial charge in [0.15, 0.2) is 0 Å². The molecule has 0 aliphatic heterocycles. The molecule has 0 saturated carbocycles. The molecule has 0 unspecified atom stereocenters. The molecular weight excluding hydrogens is 310 g/mol. The van der Waals surface area contributed by atoms with Crippen LogP contribution in [0.15, 0.2) is 53.4 Å². The molecule has 5 nitrogen and oxygen atoms in total. The van der Waals surface area contributed by atoms with E-state index >= 15 is 0 Å². The molecule has 118 valence electrons. The number of hydrogen-bond acceptors (Lipinski definition) is 4. The average molecular weight is 327 g/mol. The van der Waals surface area contributed by atoms with Gasteiger partial charge in [0.25, 0.3) is 0 Å². The first-order valence-electron chi connectivity index (χ1n) is 7.24. The van der Waals surface area contributed by atoms with Crippen LogP contribution >= 0.6 is 0 Å². The van der Waals surface area contributed by atoms with Crippen molar-refractivity contribution in [1.29, 1.82) is 0 Å². The molecule has 0 aliphatic carbocycles. The summed E-state index contributed by atoms with van der Waals surface area (Å²) < 4.78 is 27.3. The summed E-state index contributed by atoms with van der Waals surface area (Å²) in [6.07, 6.45) is 0. The first-order chi connectivity index (χ1) is 11.0. The lowest BCUT2D eigenvalue weighted by Gasteiger charge is -2.09. The molecular formula is C17H17N3O2S. The van der Waals surface area contributed by atoms with Crippen LogP contribution in [0.5, 0.6) is 0 Å². The number of sulfonamides is 1. The number of benzene rings is 2. The van der Waals surface area contributed by atoms with Crippen molar-refractivity contribution in [3.63, 3.8) is 0 Å². The number of aryl methyl sites for hydroxylation is 2. The summed E-state index contributed by atoms with van der Waals surface area (Å²) in [5.41, 5.74) is 3.79. The number of rotatable bonds is 4. The Bertz CT molecular complexity index is 968. The lowest BCUT2D eigenvalue weighted by atomic mass is 10.2. The second-order valence-electron chi connectivity index (χ2n) is 5.39. The minimum absolute atomic E-state index is 0.111. The molecule has 1 aromatic heterocycles. The van der Waals surface area contributed by atoms with Crippen molar-refractivity contribution in [2.45, 2.75) is 25.3 Å². The standard InChI is InChI=1S/C17H17N3O2S/c1-12-6-5-7-14(10-12)23(21,22)18-11-17-13(2)19-15-8-3-4-9-16(15)20-17/h3-10,18H,11H2,1-2H3. The summed E-state index contributed by atoms with van der Waals surface area (Å²) in [6, 6.07) is 14.3. The molecule has 2 aromatic carbocycles. The summed E-state index contributed by atoms with van der Waals surface area (Å²) in [6.45, 7) is 3.80. The highest BCUT2D eigenvalue weighted by Gasteiger charge is 2.15. The van der Waals surface area contributed by atoms with Crippen LogP contribution in [0.25, 0.3) is 11.0 Å². The van der Waals surface area contributed by atoms with Gasteiger partial charge in [-0.2, -0.15) is 0 Å². The molecule has 0 fully saturated rings. The maximum Gasteiger partial charge on any atom is 0.240 e. The third-order valence-corrected chi connectivity index (χ3v) is 4.97. The van der Waals surface area contributed by atoms with Gasteiger partial charge in [0.2, 0.25) is 10.0 Å². The summed E-state index contributed by atoms with van der Waals surface area (Å²) >= 11 is 0. The molecule has 0 radical (unpaired) electrons. The van der Waals surface area contributed by atoms with Crippen molar-refractivity contribution in [3.05, 3.63) is 65.5 Å². The largest absolute Gasteiger partial charge is 0.250 e. The lowest BCUT2D eigenvalue weighted by Crippen LogP contribution is -2.24. The maximum atomic E-state index is 12.4. The van der Waals surface area contributed by atoms with Crippen molar-refractivity contribution >= 4 is 21.1 Å². The van der Waals surface area contributed by atoms with Gasteiger partial charge in [-0.1, -0.05) is 24.3 Å². The Labute approximate surface area is 135 Å². The Morgan fingerprint density at radius 2 is 1.65 bits per heavy atom. The van der Waals surface area contributed by atoms with Gasteiger partial charge in [-0.25, -0.2) is 23.1 Å². The van der Waals surface area contributed by atoms with E-state index < -0.39 is 10.0 Å². The number of nitrogens with one attached hydrogen (secondary N) is 1. The van der Waals surface area contributed by atoms with Crippen molar-refractivity contribution in [2.75, 3.05) is 0 Å². The molecule has 0 amide bonds. The Kier molecular flexibility index (Phi) is 4.11. The molecule has 0 saturated heterocycles. The van der Waals surface area contributed by atoms with Gasteiger partial charge in [-0.05, 0) is 43.7 Å². The Morgan fingerprint density at radius 1 is 0.957 bits per heavy atom. The summed E-state index contributed by atoms with van der Waals surface area (Å²) in [5, 5.41) is 0. The fraction of sp³-hybridized carbons (Fsp3) is 0.176. The van der Waals surface area contributed by atoms with Gasteiger partial charge in [0, 0.05) is 0 Å². The zero-order chi connectivity index (χ0) is 16.4. The number of nitrogens with zero attached hydrogens (tertiary/aromatic N) is 2. The third-order valence-electron chi connectivity index (χ3n) is 3.57. The quantitative estimate of drug-likeness (QED) is 0.800. The van der Waals surface area contributed by atoms with Crippen LogP contribution in [0.2, 0.25) is 0 Å². The average Bonchev–Trinajstić information content (AvgIpc) is 2.53. The highest BCUT2D eigenvalue weighted by Crippen LogP contribution is 2.14. The second kappa shape index (κ2) is 6.06. The third kappa shape index (κ3) is 3.38. The SMILES string of the molecule is Cc1cccc(S(=O)(=O)NCc2nc3ccccc3nc2C)c1. The minimum atomic E-state index is -3.57. The predicted molar refractivity (Wildman–Crippen MR) is 89.5 cm³/mol. The number of fused-ring (bicyclic) bond motifs is 1. The summed E-state index contributed by atoms with van der Waals surface area (Å²) in [4.78, 5) is 9.22. The van der Waals surface area contributed by atoms with Gasteiger partial charge >= 0.3 is 0 Å². The topological polar surface area (TPSA) is 72.0 Å². The van der Waals surface area contributed by atoms with E-state index in [4.69, 9.17) is 0 Å². The van der Waals surface area contributed by atoms with E-state index in [-0.39, 0.29) is 11.4 Å². The zero-order valence-electron chi connectivity index (χ0n) is 12.9. The Morgan fingerprint density at radius 3 is 2.35 bits per heavy atom. The van der Waals surface area contributed by atoms with Crippen LogP contribution in [0.1, 0.15) is 17.0 Å². The van der Waals surface area contributed by atoms with Crippen LogP contribution in [0.3, 0.4) is 0 Å². The van der Waals surface area contributed by atoms with E-state index in [9.17, 15) is 8.42 Å². The molecule has 1 heterocycles. The van der Waals surface area contributed by atoms with Crippen LogP contribution < -0.4 is 4.72 Å². The molecule has 1 N–H and O–H groups in total. The highest BCUT2D eigenvalue weighted by molar-refractivity contribution is 7.89. The first-order valence-corrected chi connectivity index (χ1v) is 8.72. The van der Waals surface area contributed by atoms with Crippen molar-refractivity contribution < 1.29 is 8.42 Å². The second-order valence-corrected chi connectivity index (χ2v) is 7.15. The van der Waals surface area contributed by atoms with E-state index in [1.54, 1.807) is 18.2 Å². The van der Waals surface area contributed by atoms with Crippen molar-refractivity contribution in [3.8, 4) is 0 Å². The summed E-state index contributed by atoms with van der Waals surface area (Å²) in [7, 11) is -3.57. The van der Waals surface area contributed by atoms with Gasteiger partial charge in [-0.3, -0.25) is 0 Å². The number of para-hydroxylation sites is 2. The summed E-state index contributed by atoms with van der Waals surface area (Å²) in [5.74, 6) is 0. The molecule has 0 atom stereocenters. The highest BCUT2D eigenvalue weighted by atomic mass is 32.2. The molecule has 0 aliphatic rings. The van der Waals surface area contributed by atoms with Gasteiger partial charge in [0.1, 0.15) is 0 Å². The van der Waals surface area contributed by atoms with E-state index in [0.29, 0.717) is 5.69 Å². The van der Waals surface area contributed by atoms with E-state index in [1.165, 1.54) is 0 Å². The molecule has 23 heavy (non-hydrogen) atoms. The first kappa shape index (κ1) is 15.6. The van der Waals surface area contributed by atoms with E-state index in [2.05, 4.69) is 14.7 Å². The molecule has 0 bridgehead atoms. The van der Waals surface area contributed by atoms with E-state index in [1.807, 2.05) is 44.2 Å². The molecule has 6 heteroatoms. The number of hydrogen-bond donors (Lipinski definition) is 1. The zero-order valence-corrected chi connectivity index (χ0v) is 13.8. The van der Waals surface area contributed by atoms with Crippen LogP contribution in [0, 0.1) is 13.8 Å². The normalized spacial score (nSPS) is 11.7. The fourth-order valence-electron chi connectivity index (χ4n) is 2.32. The van der Waals surface area contributed by atoms with Gasteiger partial charge < -0.3 is 0 Å². The fourth-order valence-corrected chi connectivity index (χ4v) is 3.41. The number of aromatic nitrogens is 2. The lowest BCUT2D eigenvalue weighted by molar-refractivity contribution is 0.580. The Hall–Kier alpha value is -2.31. The van der Waals surface area contributed by atoms with Crippen LogP contribution in [-0.2, 0) is 16.6 Å². The maximum absolute atomic E-state index is 12.4. The molecule has 0 spiro atoms. The van der Waals surface area contributed by atoms with E-state index in [0.717, 1.165) is 22.3 Å². The van der Waals surface area contributed by atoms with Crippen molar-refractivity contribution in [1.82, 2.24) is 14.7 Å². The predicted octanol–water partition coefficient (Wildman–Crippen LogP) is 2.73. The minimum Gasteiger partial charge on any atom is -0.250 e. The van der Waals surface area contributed by atoms with Gasteiger partial charge in [0.05, 0.1) is 33.9 Å². The monoisotopic (exact) mass is 327 g/mol. The molecule has 3 rings (SSSR count). The van der Waals surface area contributed by atoms with Gasteiger partial charge in [-0.15, -0.1) is 0 Å². The molecule has 3 aromatic rings. The Balaban J connectivity index is 1.87.